The van der Waals surface area contributed by atoms with E-state index in [4.69, 9.17) is 10.8 Å². The normalized spacial score (nSPS) is 11.4. The third-order valence-electron chi connectivity index (χ3n) is 2.38. The molecule has 0 aliphatic rings. The van der Waals surface area contributed by atoms with Crippen LogP contribution in [0, 0.1) is 0 Å². The number of nitrogen functional groups attached to an aromatic ring is 1. The number of nitrogens with two attached hydrogens (primary N) is 1. The second-order valence-electron chi connectivity index (χ2n) is 3.83. The second-order valence-corrected chi connectivity index (χ2v) is 3.83. The van der Waals surface area contributed by atoms with Gasteiger partial charge in [-0.05, 0) is 31.9 Å². The van der Waals surface area contributed by atoms with Gasteiger partial charge in [0.1, 0.15) is 0 Å². The van der Waals surface area contributed by atoms with Gasteiger partial charge in [-0.2, -0.15) is 0 Å². The van der Waals surface area contributed by atoms with Crippen molar-refractivity contribution in [3.05, 3.63) is 29.8 Å². The van der Waals surface area contributed by atoms with Crippen LogP contribution in [-0.2, 0) is 0 Å². The first-order valence-electron chi connectivity index (χ1n) is 5.41. The van der Waals surface area contributed by atoms with E-state index in [1.807, 2.05) is 6.92 Å². The first-order valence-corrected chi connectivity index (χ1v) is 5.41. The van der Waals surface area contributed by atoms with Crippen molar-refractivity contribution in [3.8, 4) is 0 Å². The summed E-state index contributed by atoms with van der Waals surface area (Å²) < 4.78 is 0. The van der Waals surface area contributed by atoms with Gasteiger partial charge in [-0.15, -0.1) is 12.4 Å². The number of rotatable bonds is 5. The Kier molecular flexibility index (Phi) is 7.34. The van der Waals surface area contributed by atoms with Crippen molar-refractivity contribution in [1.29, 1.82) is 0 Å². The lowest BCUT2D eigenvalue weighted by molar-refractivity contribution is 0.0937. The lowest BCUT2D eigenvalue weighted by Gasteiger charge is -2.13. The molecule has 0 saturated heterocycles. The van der Waals surface area contributed by atoms with Gasteiger partial charge in [0, 0.05) is 18.3 Å². The van der Waals surface area contributed by atoms with Crippen LogP contribution >= 0.6 is 12.4 Å². The molecule has 0 aliphatic heterocycles. The number of aliphatic hydroxyl groups is 1. The van der Waals surface area contributed by atoms with Crippen molar-refractivity contribution in [3.63, 3.8) is 0 Å². The zero-order chi connectivity index (χ0) is 12.0. The van der Waals surface area contributed by atoms with E-state index in [2.05, 4.69) is 5.32 Å². The standard InChI is InChI=1S/C12H18N2O2.ClH/c1-9(5-4-8-15)14-12(16)10-6-2-3-7-11(10)13;/h2-3,6-7,9,15H,4-5,8,13H2,1H3,(H,14,16);1H. The summed E-state index contributed by atoms with van der Waals surface area (Å²) in [6.07, 6.45) is 1.45. The lowest BCUT2D eigenvalue weighted by Crippen LogP contribution is -2.33. The van der Waals surface area contributed by atoms with Crippen LogP contribution in [0.2, 0.25) is 0 Å². The molecule has 0 fully saturated rings. The number of amides is 1. The zero-order valence-electron chi connectivity index (χ0n) is 9.85. The van der Waals surface area contributed by atoms with Crippen LogP contribution in [0.3, 0.4) is 0 Å². The summed E-state index contributed by atoms with van der Waals surface area (Å²) in [6.45, 7) is 2.06. The molecular formula is C12H19ClN2O2. The summed E-state index contributed by atoms with van der Waals surface area (Å²) in [5, 5.41) is 11.5. The third kappa shape index (κ3) is 5.06. The highest BCUT2D eigenvalue weighted by atomic mass is 35.5. The van der Waals surface area contributed by atoms with Crippen molar-refractivity contribution < 1.29 is 9.90 Å². The maximum atomic E-state index is 11.8. The minimum atomic E-state index is -0.163. The number of halogens is 1. The molecule has 4 N–H and O–H groups in total. The van der Waals surface area contributed by atoms with Crippen LogP contribution in [0.1, 0.15) is 30.1 Å². The Morgan fingerprint density at radius 1 is 1.47 bits per heavy atom. The monoisotopic (exact) mass is 258 g/mol. The van der Waals surface area contributed by atoms with Crippen LogP contribution in [0.4, 0.5) is 5.69 Å². The maximum Gasteiger partial charge on any atom is 0.253 e. The molecule has 0 bridgehead atoms. The Morgan fingerprint density at radius 2 is 2.12 bits per heavy atom. The average Bonchev–Trinajstić information content (AvgIpc) is 2.26. The van der Waals surface area contributed by atoms with Crippen molar-refractivity contribution in [2.24, 2.45) is 0 Å². The molecule has 1 aromatic rings. The number of nitrogens with one attached hydrogen (secondary N) is 1. The zero-order valence-corrected chi connectivity index (χ0v) is 10.7. The average molecular weight is 259 g/mol. The highest BCUT2D eigenvalue weighted by Gasteiger charge is 2.11. The molecule has 0 aromatic heterocycles. The molecule has 0 radical (unpaired) electrons. The van der Waals surface area contributed by atoms with Crippen molar-refractivity contribution in [2.75, 3.05) is 12.3 Å². The fourth-order valence-electron chi connectivity index (χ4n) is 1.47. The second kappa shape index (κ2) is 7.92. The Balaban J connectivity index is 0.00000256. The molecule has 0 spiro atoms. The Hall–Kier alpha value is -1.26. The minimum Gasteiger partial charge on any atom is -0.398 e. The summed E-state index contributed by atoms with van der Waals surface area (Å²) in [7, 11) is 0. The fourth-order valence-corrected chi connectivity index (χ4v) is 1.47. The highest BCUT2D eigenvalue weighted by Crippen LogP contribution is 2.10. The molecule has 17 heavy (non-hydrogen) atoms. The molecule has 4 nitrogen and oxygen atoms in total. The first-order chi connectivity index (χ1) is 7.65. The molecule has 0 heterocycles. The largest absolute Gasteiger partial charge is 0.398 e. The molecule has 96 valence electrons. The Morgan fingerprint density at radius 3 is 2.71 bits per heavy atom. The van der Waals surface area contributed by atoms with Gasteiger partial charge in [-0.1, -0.05) is 12.1 Å². The van der Waals surface area contributed by atoms with Gasteiger partial charge < -0.3 is 16.2 Å². The van der Waals surface area contributed by atoms with E-state index >= 15 is 0 Å². The highest BCUT2D eigenvalue weighted by molar-refractivity contribution is 5.99. The molecule has 1 amide bonds. The van der Waals surface area contributed by atoms with Crippen molar-refractivity contribution in [2.45, 2.75) is 25.8 Å². The molecule has 1 rings (SSSR count). The molecule has 1 unspecified atom stereocenters. The van der Waals surface area contributed by atoms with Gasteiger partial charge in [0.25, 0.3) is 5.91 Å². The summed E-state index contributed by atoms with van der Waals surface area (Å²) in [5.41, 5.74) is 6.68. The number of para-hydroxylation sites is 1. The predicted molar refractivity (Wildman–Crippen MR) is 71.4 cm³/mol. The van der Waals surface area contributed by atoms with E-state index in [0.29, 0.717) is 17.7 Å². The molecule has 1 aromatic carbocycles. The van der Waals surface area contributed by atoms with Crippen molar-refractivity contribution in [1.82, 2.24) is 5.32 Å². The van der Waals surface area contributed by atoms with Gasteiger partial charge in [-0.25, -0.2) is 0 Å². The van der Waals surface area contributed by atoms with Gasteiger partial charge in [0.2, 0.25) is 0 Å². The van der Waals surface area contributed by atoms with Crippen LogP contribution in [0.15, 0.2) is 24.3 Å². The van der Waals surface area contributed by atoms with Crippen LogP contribution in [-0.4, -0.2) is 23.7 Å². The quantitative estimate of drug-likeness (QED) is 0.702. The molecule has 0 aliphatic carbocycles. The lowest BCUT2D eigenvalue weighted by atomic mass is 10.1. The fraction of sp³-hybridized carbons (Fsp3) is 0.417. The molecule has 5 heteroatoms. The summed E-state index contributed by atoms with van der Waals surface area (Å²) in [4.78, 5) is 11.8. The van der Waals surface area contributed by atoms with E-state index in [1.54, 1.807) is 24.3 Å². The summed E-state index contributed by atoms with van der Waals surface area (Å²) >= 11 is 0. The van der Waals surface area contributed by atoms with E-state index in [0.717, 1.165) is 6.42 Å². The smallest absolute Gasteiger partial charge is 0.253 e. The topological polar surface area (TPSA) is 75.3 Å². The first kappa shape index (κ1) is 15.7. The minimum absolute atomic E-state index is 0. The van der Waals surface area contributed by atoms with Gasteiger partial charge >= 0.3 is 0 Å². The Labute approximate surface area is 108 Å². The van der Waals surface area contributed by atoms with Gasteiger partial charge in [-0.3, -0.25) is 4.79 Å². The van der Waals surface area contributed by atoms with E-state index in [9.17, 15) is 4.79 Å². The van der Waals surface area contributed by atoms with Gasteiger partial charge in [0.15, 0.2) is 0 Å². The van der Waals surface area contributed by atoms with E-state index < -0.39 is 0 Å². The van der Waals surface area contributed by atoms with Crippen molar-refractivity contribution >= 4 is 24.0 Å². The van der Waals surface area contributed by atoms with Gasteiger partial charge in [0.05, 0.1) is 5.56 Å². The maximum absolute atomic E-state index is 11.8. The van der Waals surface area contributed by atoms with E-state index in [1.165, 1.54) is 0 Å². The third-order valence-corrected chi connectivity index (χ3v) is 2.38. The number of carbonyl (C=O) groups is 1. The molecular weight excluding hydrogens is 240 g/mol. The van der Waals surface area contributed by atoms with Crippen LogP contribution < -0.4 is 11.1 Å². The number of anilines is 1. The van der Waals surface area contributed by atoms with Crippen LogP contribution in [0.5, 0.6) is 0 Å². The molecule has 0 saturated carbocycles. The van der Waals surface area contributed by atoms with E-state index in [-0.39, 0.29) is 31.0 Å². The Bertz CT molecular complexity index is 358. The number of aliphatic hydroxyl groups excluding tert-OH is 1. The number of carbonyl (C=O) groups excluding carboxylic acids is 1. The van der Waals surface area contributed by atoms with Crippen LogP contribution in [0.25, 0.3) is 0 Å². The predicted octanol–water partition coefficient (Wildman–Crippen LogP) is 1.58. The number of benzene rings is 1. The SMILES string of the molecule is CC(CCCO)NC(=O)c1ccccc1N.Cl. The summed E-state index contributed by atoms with van der Waals surface area (Å²) in [5.74, 6) is -0.163. The molecule has 1 atom stereocenters. The number of hydrogen-bond acceptors (Lipinski definition) is 3. The summed E-state index contributed by atoms with van der Waals surface area (Å²) in [6, 6.07) is 7.01. The number of hydrogen-bond donors (Lipinski definition) is 3.